The number of rotatable bonds is 4. The highest BCUT2D eigenvalue weighted by atomic mass is 16.5. The van der Waals surface area contributed by atoms with Gasteiger partial charge in [0.1, 0.15) is 0 Å². The van der Waals surface area contributed by atoms with Crippen LogP contribution in [0.4, 0.5) is 0 Å². The number of hydrogen-bond acceptors (Lipinski definition) is 1. The third-order valence-electron chi connectivity index (χ3n) is 1.70. The summed E-state index contributed by atoms with van der Waals surface area (Å²) in [5, 5.41) is 0. The Morgan fingerprint density at radius 2 is 2.00 bits per heavy atom. The van der Waals surface area contributed by atoms with E-state index in [-0.39, 0.29) is 5.60 Å². The van der Waals surface area contributed by atoms with Gasteiger partial charge in [-0.3, -0.25) is 0 Å². The Kier molecular flexibility index (Phi) is 4.60. The largest absolute Gasteiger partial charge is 0.375 e. The Hall–Kier alpha value is -0.820. The van der Waals surface area contributed by atoms with Gasteiger partial charge >= 0.3 is 0 Å². The van der Waals surface area contributed by atoms with Crippen LogP contribution in [0.3, 0.4) is 0 Å². The molecule has 0 saturated heterocycles. The molecule has 0 aliphatic rings. The van der Waals surface area contributed by atoms with Crippen LogP contribution >= 0.6 is 0 Å². The molecule has 68 valence electrons. The Bertz CT molecular complexity index is 197. The molecule has 0 N–H and O–H groups in total. The second-order valence-electron chi connectivity index (χ2n) is 3.28. The van der Waals surface area contributed by atoms with Crippen LogP contribution in [0, 0.1) is 0 Å². The van der Waals surface area contributed by atoms with Gasteiger partial charge in [0.2, 0.25) is 0 Å². The van der Waals surface area contributed by atoms with E-state index in [1.165, 1.54) is 0 Å². The quantitative estimate of drug-likeness (QED) is 0.583. The molecule has 0 aromatic carbocycles. The van der Waals surface area contributed by atoms with Crippen LogP contribution in [-0.4, -0.2) is 12.7 Å². The number of allylic oxidation sites excluding steroid dienone is 4. The monoisotopic (exact) mass is 166 g/mol. The molecule has 0 radical (unpaired) electrons. The Morgan fingerprint density at radius 3 is 2.42 bits per heavy atom. The third-order valence-corrected chi connectivity index (χ3v) is 1.70. The molecule has 0 heterocycles. The van der Waals surface area contributed by atoms with Crippen LogP contribution < -0.4 is 0 Å². The average molecular weight is 166 g/mol. The van der Waals surface area contributed by atoms with E-state index in [0.717, 1.165) is 5.57 Å². The van der Waals surface area contributed by atoms with Gasteiger partial charge in [-0.25, -0.2) is 0 Å². The zero-order valence-electron chi connectivity index (χ0n) is 8.42. The Labute approximate surface area is 75.4 Å². The van der Waals surface area contributed by atoms with Gasteiger partial charge in [0.15, 0.2) is 0 Å². The summed E-state index contributed by atoms with van der Waals surface area (Å²) >= 11 is 0. The van der Waals surface area contributed by atoms with Crippen molar-refractivity contribution in [3.8, 4) is 0 Å². The second kappa shape index (κ2) is 4.94. The van der Waals surface area contributed by atoms with E-state index in [1.807, 2.05) is 45.1 Å². The lowest BCUT2D eigenvalue weighted by Crippen LogP contribution is -2.18. The summed E-state index contributed by atoms with van der Waals surface area (Å²) in [6.45, 7) is 9.70. The van der Waals surface area contributed by atoms with Gasteiger partial charge < -0.3 is 4.74 Å². The molecule has 12 heavy (non-hydrogen) atoms. The van der Waals surface area contributed by atoms with Gasteiger partial charge in [0, 0.05) is 7.11 Å². The van der Waals surface area contributed by atoms with Gasteiger partial charge in [-0.05, 0) is 20.8 Å². The van der Waals surface area contributed by atoms with E-state index < -0.39 is 0 Å². The molecule has 0 unspecified atom stereocenters. The minimum Gasteiger partial charge on any atom is -0.375 e. The molecule has 0 fully saturated rings. The average Bonchev–Trinajstić information content (AvgIpc) is 2.04. The molecule has 0 amide bonds. The lowest BCUT2D eigenvalue weighted by Gasteiger charge is -2.16. The normalized spacial score (nSPS) is 13.8. The van der Waals surface area contributed by atoms with E-state index in [2.05, 4.69) is 6.58 Å². The fourth-order valence-electron chi connectivity index (χ4n) is 0.568. The first-order valence-corrected chi connectivity index (χ1v) is 4.05. The van der Waals surface area contributed by atoms with Crippen LogP contribution in [-0.2, 0) is 4.74 Å². The van der Waals surface area contributed by atoms with Crippen molar-refractivity contribution >= 4 is 0 Å². The highest BCUT2D eigenvalue weighted by Gasteiger charge is 2.09. The van der Waals surface area contributed by atoms with Crippen LogP contribution in [0.25, 0.3) is 0 Å². The maximum atomic E-state index is 5.21. The molecular formula is C11H18O. The SMILES string of the molecule is C=C/C(C)=C/C=C/C(C)(C)OC. The summed E-state index contributed by atoms with van der Waals surface area (Å²) < 4.78 is 5.21. The van der Waals surface area contributed by atoms with E-state index in [1.54, 1.807) is 7.11 Å². The van der Waals surface area contributed by atoms with Gasteiger partial charge in [-0.2, -0.15) is 0 Å². The number of methoxy groups -OCH3 is 1. The predicted molar refractivity (Wildman–Crippen MR) is 54.2 cm³/mol. The summed E-state index contributed by atoms with van der Waals surface area (Å²) in [7, 11) is 1.70. The first-order chi connectivity index (χ1) is 5.52. The van der Waals surface area contributed by atoms with E-state index in [9.17, 15) is 0 Å². The topological polar surface area (TPSA) is 9.23 Å². The van der Waals surface area contributed by atoms with Crippen molar-refractivity contribution in [1.29, 1.82) is 0 Å². The summed E-state index contributed by atoms with van der Waals surface area (Å²) in [5.74, 6) is 0. The van der Waals surface area contributed by atoms with Crippen LogP contribution in [0.1, 0.15) is 20.8 Å². The van der Waals surface area contributed by atoms with Crippen LogP contribution in [0.2, 0.25) is 0 Å². The van der Waals surface area contributed by atoms with Crippen LogP contribution in [0.5, 0.6) is 0 Å². The van der Waals surface area contributed by atoms with Crippen molar-refractivity contribution in [2.75, 3.05) is 7.11 Å². The Morgan fingerprint density at radius 1 is 1.42 bits per heavy atom. The standard InChI is InChI=1S/C11H18O/c1-6-10(2)8-7-9-11(3,4)12-5/h6-9H,1H2,2-5H3/b9-7+,10-8+. The van der Waals surface area contributed by atoms with Crippen molar-refractivity contribution in [3.63, 3.8) is 0 Å². The van der Waals surface area contributed by atoms with Crippen molar-refractivity contribution < 1.29 is 4.74 Å². The van der Waals surface area contributed by atoms with Crippen molar-refractivity contribution in [1.82, 2.24) is 0 Å². The Balaban J connectivity index is 4.16. The highest BCUT2D eigenvalue weighted by Crippen LogP contribution is 2.09. The van der Waals surface area contributed by atoms with E-state index >= 15 is 0 Å². The lowest BCUT2D eigenvalue weighted by molar-refractivity contribution is 0.0656. The van der Waals surface area contributed by atoms with Crippen molar-refractivity contribution in [3.05, 3.63) is 36.5 Å². The summed E-state index contributed by atoms with van der Waals surface area (Å²) in [4.78, 5) is 0. The van der Waals surface area contributed by atoms with Crippen molar-refractivity contribution in [2.45, 2.75) is 26.4 Å². The van der Waals surface area contributed by atoms with E-state index in [4.69, 9.17) is 4.74 Å². The molecule has 0 rings (SSSR count). The predicted octanol–water partition coefficient (Wildman–Crippen LogP) is 3.10. The fraction of sp³-hybridized carbons (Fsp3) is 0.455. The maximum absolute atomic E-state index is 5.21. The lowest BCUT2D eigenvalue weighted by atomic mass is 10.1. The van der Waals surface area contributed by atoms with Gasteiger partial charge in [-0.1, -0.05) is 36.5 Å². The molecule has 0 aromatic rings. The molecule has 0 atom stereocenters. The summed E-state index contributed by atoms with van der Waals surface area (Å²) in [5.41, 5.74) is 0.968. The van der Waals surface area contributed by atoms with E-state index in [0.29, 0.717) is 0 Å². The minimum atomic E-state index is -0.183. The summed E-state index contributed by atoms with van der Waals surface area (Å²) in [6, 6.07) is 0. The molecular weight excluding hydrogens is 148 g/mol. The fourth-order valence-corrected chi connectivity index (χ4v) is 0.568. The zero-order chi connectivity index (χ0) is 9.61. The molecule has 0 saturated carbocycles. The van der Waals surface area contributed by atoms with Crippen LogP contribution in [0.15, 0.2) is 36.5 Å². The zero-order valence-corrected chi connectivity index (χ0v) is 8.42. The minimum absolute atomic E-state index is 0.183. The molecule has 0 spiro atoms. The molecule has 1 heteroatoms. The number of hydrogen-bond donors (Lipinski definition) is 0. The smallest absolute Gasteiger partial charge is 0.0805 e. The molecule has 0 bridgehead atoms. The third kappa shape index (κ3) is 4.91. The molecule has 1 nitrogen and oxygen atoms in total. The summed E-state index contributed by atoms with van der Waals surface area (Å²) in [6.07, 6.45) is 7.83. The van der Waals surface area contributed by atoms with Gasteiger partial charge in [0.25, 0.3) is 0 Å². The first kappa shape index (κ1) is 11.2. The molecule has 0 aliphatic carbocycles. The second-order valence-corrected chi connectivity index (χ2v) is 3.28. The van der Waals surface area contributed by atoms with Crippen molar-refractivity contribution in [2.24, 2.45) is 0 Å². The molecule has 0 aromatic heterocycles. The maximum Gasteiger partial charge on any atom is 0.0805 e. The first-order valence-electron chi connectivity index (χ1n) is 4.05. The highest BCUT2D eigenvalue weighted by molar-refractivity contribution is 5.20. The van der Waals surface area contributed by atoms with Gasteiger partial charge in [0.05, 0.1) is 5.60 Å². The molecule has 0 aliphatic heterocycles. The number of ether oxygens (including phenoxy) is 1. The van der Waals surface area contributed by atoms with Gasteiger partial charge in [-0.15, -0.1) is 0 Å².